The maximum atomic E-state index is 12.4. The van der Waals surface area contributed by atoms with Gasteiger partial charge in [0.25, 0.3) is 11.8 Å². The standard InChI is InChI=1S/C17H18BrN3O3S/c1-17(2,3)21-14(22)10-6-4-5-7-11(10)19-16(25)20-15(23)12-8-9-13(18)24-12/h4-9H,1-3H3,(H,21,22)(H2,19,20,23,25). The van der Waals surface area contributed by atoms with Gasteiger partial charge in [0.15, 0.2) is 15.5 Å². The van der Waals surface area contributed by atoms with Crippen molar-refractivity contribution in [3.8, 4) is 0 Å². The molecule has 0 saturated carbocycles. The molecule has 0 fully saturated rings. The van der Waals surface area contributed by atoms with Crippen molar-refractivity contribution in [1.29, 1.82) is 0 Å². The first-order valence-corrected chi connectivity index (χ1v) is 8.65. The molecule has 3 N–H and O–H groups in total. The average Bonchev–Trinajstić information content (AvgIpc) is 2.92. The lowest BCUT2D eigenvalue weighted by Gasteiger charge is -2.21. The van der Waals surface area contributed by atoms with E-state index in [1.807, 2.05) is 20.8 Å². The summed E-state index contributed by atoms with van der Waals surface area (Å²) in [7, 11) is 0. The molecule has 1 aromatic carbocycles. The molecule has 0 spiro atoms. The van der Waals surface area contributed by atoms with E-state index in [4.69, 9.17) is 16.6 Å². The first-order chi connectivity index (χ1) is 11.7. The SMILES string of the molecule is CC(C)(C)NC(=O)c1ccccc1NC(=S)NC(=O)c1ccc(Br)o1. The number of carbonyl (C=O) groups excluding carboxylic acids is 2. The van der Waals surface area contributed by atoms with Crippen molar-refractivity contribution in [2.24, 2.45) is 0 Å². The molecule has 0 aliphatic rings. The van der Waals surface area contributed by atoms with Crippen molar-refractivity contribution in [3.05, 3.63) is 52.4 Å². The molecular formula is C17H18BrN3O3S. The van der Waals surface area contributed by atoms with E-state index in [9.17, 15) is 9.59 Å². The average molecular weight is 424 g/mol. The third kappa shape index (κ3) is 5.68. The van der Waals surface area contributed by atoms with Crippen LogP contribution < -0.4 is 16.0 Å². The molecular weight excluding hydrogens is 406 g/mol. The number of carbonyl (C=O) groups is 2. The van der Waals surface area contributed by atoms with Crippen molar-refractivity contribution < 1.29 is 14.0 Å². The molecule has 2 aromatic rings. The zero-order valence-corrected chi connectivity index (χ0v) is 16.4. The second-order valence-corrected chi connectivity index (χ2v) is 7.45. The molecule has 132 valence electrons. The van der Waals surface area contributed by atoms with Crippen LogP contribution in [0.5, 0.6) is 0 Å². The number of hydrogen-bond donors (Lipinski definition) is 3. The molecule has 1 aromatic heterocycles. The quantitative estimate of drug-likeness (QED) is 0.655. The Balaban J connectivity index is 2.08. The highest BCUT2D eigenvalue weighted by atomic mass is 79.9. The van der Waals surface area contributed by atoms with Gasteiger partial charge in [0, 0.05) is 5.54 Å². The maximum absolute atomic E-state index is 12.4. The van der Waals surface area contributed by atoms with Crippen molar-refractivity contribution in [2.75, 3.05) is 5.32 Å². The number of furan rings is 1. The molecule has 1 heterocycles. The monoisotopic (exact) mass is 423 g/mol. The number of thiocarbonyl (C=S) groups is 1. The molecule has 0 atom stereocenters. The van der Waals surface area contributed by atoms with Crippen LogP contribution in [-0.4, -0.2) is 22.5 Å². The molecule has 0 radical (unpaired) electrons. The first-order valence-electron chi connectivity index (χ1n) is 7.45. The van der Waals surface area contributed by atoms with Gasteiger partial charge in [-0.2, -0.15) is 0 Å². The summed E-state index contributed by atoms with van der Waals surface area (Å²) in [6, 6.07) is 10.0. The highest BCUT2D eigenvalue weighted by molar-refractivity contribution is 9.10. The van der Waals surface area contributed by atoms with Gasteiger partial charge < -0.3 is 15.1 Å². The summed E-state index contributed by atoms with van der Waals surface area (Å²) in [5.74, 6) is -0.602. The fourth-order valence-electron chi connectivity index (χ4n) is 1.95. The predicted molar refractivity (Wildman–Crippen MR) is 104 cm³/mol. The van der Waals surface area contributed by atoms with Gasteiger partial charge in [-0.1, -0.05) is 12.1 Å². The number of para-hydroxylation sites is 1. The third-order valence-electron chi connectivity index (χ3n) is 2.93. The molecule has 8 heteroatoms. The van der Waals surface area contributed by atoms with Crippen molar-refractivity contribution in [3.63, 3.8) is 0 Å². The van der Waals surface area contributed by atoms with Gasteiger partial charge in [-0.25, -0.2) is 0 Å². The van der Waals surface area contributed by atoms with Crippen LogP contribution in [0.3, 0.4) is 0 Å². The minimum absolute atomic E-state index is 0.0635. The van der Waals surface area contributed by atoms with E-state index in [2.05, 4.69) is 31.9 Å². The van der Waals surface area contributed by atoms with Gasteiger partial charge in [-0.15, -0.1) is 0 Å². The number of benzene rings is 1. The summed E-state index contributed by atoms with van der Waals surface area (Å²) in [5.41, 5.74) is 0.552. The minimum Gasteiger partial charge on any atom is -0.444 e. The van der Waals surface area contributed by atoms with Gasteiger partial charge in [-0.05, 0) is 73.2 Å². The molecule has 25 heavy (non-hydrogen) atoms. The predicted octanol–water partition coefficient (Wildman–Crippen LogP) is 3.70. The van der Waals surface area contributed by atoms with E-state index in [1.54, 1.807) is 30.3 Å². The topological polar surface area (TPSA) is 83.4 Å². The smallest absolute Gasteiger partial charge is 0.293 e. The third-order valence-corrected chi connectivity index (χ3v) is 3.56. The number of hydrogen-bond acceptors (Lipinski definition) is 4. The lowest BCUT2D eigenvalue weighted by molar-refractivity contribution is 0.0918. The zero-order valence-electron chi connectivity index (χ0n) is 14.0. The summed E-state index contributed by atoms with van der Waals surface area (Å²) in [5, 5.41) is 8.33. The Morgan fingerprint density at radius 2 is 1.76 bits per heavy atom. The molecule has 0 aliphatic heterocycles. The van der Waals surface area contributed by atoms with E-state index < -0.39 is 5.91 Å². The number of nitrogens with one attached hydrogen (secondary N) is 3. The van der Waals surface area contributed by atoms with Crippen LogP contribution in [0, 0.1) is 0 Å². The van der Waals surface area contributed by atoms with Gasteiger partial charge >= 0.3 is 0 Å². The van der Waals surface area contributed by atoms with Crippen molar-refractivity contribution in [1.82, 2.24) is 10.6 Å². The maximum Gasteiger partial charge on any atom is 0.293 e. The Kier molecular flexibility index (Phi) is 5.97. The van der Waals surface area contributed by atoms with E-state index >= 15 is 0 Å². The van der Waals surface area contributed by atoms with Gasteiger partial charge in [0.2, 0.25) is 0 Å². The molecule has 6 nitrogen and oxygen atoms in total. The molecule has 2 rings (SSSR count). The zero-order chi connectivity index (χ0) is 18.6. The summed E-state index contributed by atoms with van der Waals surface area (Å²) >= 11 is 8.28. The molecule has 2 amide bonds. The van der Waals surface area contributed by atoms with E-state index in [1.165, 1.54) is 6.07 Å². The molecule has 0 bridgehead atoms. The summed E-state index contributed by atoms with van der Waals surface area (Å²) in [4.78, 5) is 24.4. The van der Waals surface area contributed by atoms with E-state index in [0.717, 1.165) is 0 Å². The normalized spacial score (nSPS) is 10.9. The Hall–Kier alpha value is -2.19. The number of halogens is 1. The molecule has 0 aliphatic carbocycles. The van der Waals surface area contributed by atoms with E-state index in [0.29, 0.717) is 15.9 Å². The summed E-state index contributed by atoms with van der Waals surface area (Å²) < 4.78 is 5.61. The van der Waals surface area contributed by atoms with Crippen LogP contribution in [0.15, 0.2) is 45.5 Å². The fourth-order valence-corrected chi connectivity index (χ4v) is 2.46. The van der Waals surface area contributed by atoms with Crippen LogP contribution in [0.1, 0.15) is 41.7 Å². The first kappa shape index (κ1) is 19.1. The Morgan fingerprint density at radius 1 is 1.08 bits per heavy atom. The highest BCUT2D eigenvalue weighted by Gasteiger charge is 2.19. The Bertz CT molecular complexity index is 811. The molecule has 0 unspecified atom stereocenters. The van der Waals surface area contributed by atoms with Crippen LogP contribution in [0.4, 0.5) is 5.69 Å². The Morgan fingerprint density at radius 3 is 2.36 bits per heavy atom. The van der Waals surface area contributed by atoms with Crippen LogP contribution >= 0.6 is 28.1 Å². The van der Waals surface area contributed by atoms with Gasteiger partial charge in [-0.3, -0.25) is 14.9 Å². The van der Waals surface area contributed by atoms with Gasteiger partial charge in [0.1, 0.15) is 0 Å². The van der Waals surface area contributed by atoms with E-state index in [-0.39, 0.29) is 22.3 Å². The minimum atomic E-state index is -0.486. The van der Waals surface area contributed by atoms with Crippen LogP contribution in [0.2, 0.25) is 0 Å². The van der Waals surface area contributed by atoms with Gasteiger partial charge in [0.05, 0.1) is 11.3 Å². The second kappa shape index (κ2) is 7.79. The van der Waals surface area contributed by atoms with Crippen LogP contribution in [-0.2, 0) is 0 Å². The number of amides is 2. The summed E-state index contributed by atoms with van der Waals surface area (Å²) in [6.45, 7) is 5.69. The molecule has 0 saturated heterocycles. The highest BCUT2D eigenvalue weighted by Crippen LogP contribution is 2.17. The summed E-state index contributed by atoms with van der Waals surface area (Å²) in [6.07, 6.45) is 0. The van der Waals surface area contributed by atoms with Crippen molar-refractivity contribution in [2.45, 2.75) is 26.3 Å². The number of anilines is 1. The largest absolute Gasteiger partial charge is 0.444 e. The number of rotatable bonds is 3. The fraction of sp³-hybridized carbons (Fsp3) is 0.235. The lowest BCUT2D eigenvalue weighted by atomic mass is 10.1. The van der Waals surface area contributed by atoms with Crippen LogP contribution in [0.25, 0.3) is 0 Å². The lowest BCUT2D eigenvalue weighted by Crippen LogP contribution is -2.41. The van der Waals surface area contributed by atoms with Crippen molar-refractivity contribution >= 4 is 50.8 Å². The Labute approximate surface area is 159 Å². The second-order valence-electron chi connectivity index (χ2n) is 6.26.